The SMILES string of the molecule is CCc1nn(-c2ncncc2Br)c(CC)c1N. The molecule has 5 nitrogen and oxygen atoms in total. The smallest absolute Gasteiger partial charge is 0.171 e. The van der Waals surface area contributed by atoms with Crippen molar-refractivity contribution in [3.63, 3.8) is 0 Å². The molecule has 0 amide bonds. The van der Waals surface area contributed by atoms with Crippen molar-refractivity contribution in [2.45, 2.75) is 26.7 Å². The van der Waals surface area contributed by atoms with Gasteiger partial charge in [-0.25, -0.2) is 14.6 Å². The van der Waals surface area contributed by atoms with Gasteiger partial charge in [0.1, 0.15) is 6.33 Å². The Morgan fingerprint density at radius 2 is 2.12 bits per heavy atom. The summed E-state index contributed by atoms with van der Waals surface area (Å²) < 4.78 is 2.60. The second-order valence-corrected chi connectivity index (χ2v) is 4.47. The number of nitrogen functional groups attached to an aromatic ring is 1. The zero-order valence-electron chi connectivity index (χ0n) is 9.81. The summed E-state index contributed by atoms with van der Waals surface area (Å²) in [5.41, 5.74) is 8.73. The monoisotopic (exact) mass is 295 g/mol. The standard InChI is InChI=1S/C11H14BrN5/c1-3-8-10(13)9(4-2)17(16-8)11-7(12)5-14-6-15-11/h5-6H,3-4,13H2,1-2H3. The van der Waals surface area contributed by atoms with Crippen LogP contribution in [-0.2, 0) is 12.8 Å². The van der Waals surface area contributed by atoms with Crippen LogP contribution in [0.3, 0.4) is 0 Å². The second kappa shape index (κ2) is 4.83. The van der Waals surface area contributed by atoms with Crippen LogP contribution in [0.1, 0.15) is 25.2 Å². The molecule has 0 saturated carbocycles. The van der Waals surface area contributed by atoms with Crippen LogP contribution < -0.4 is 5.73 Å². The lowest BCUT2D eigenvalue weighted by Gasteiger charge is -2.06. The van der Waals surface area contributed by atoms with Crippen LogP contribution in [0.2, 0.25) is 0 Å². The quantitative estimate of drug-likeness (QED) is 0.942. The highest BCUT2D eigenvalue weighted by molar-refractivity contribution is 9.10. The van der Waals surface area contributed by atoms with Crippen LogP contribution in [0.25, 0.3) is 5.82 Å². The van der Waals surface area contributed by atoms with Crippen LogP contribution in [0.4, 0.5) is 5.69 Å². The fourth-order valence-corrected chi connectivity index (χ4v) is 2.14. The third-order valence-corrected chi connectivity index (χ3v) is 3.18. The van der Waals surface area contributed by atoms with Crippen LogP contribution in [0, 0.1) is 0 Å². The number of anilines is 1. The minimum absolute atomic E-state index is 0.725. The normalized spacial score (nSPS) is 10.8. The van der Waals surface area contributed by atoms with Crippen LogP contribution in [0.15, 0.2) is 17.0 Å². The Hall–Kier alpha value is -1.43. The van der Waals surface area contributed by atoms with Gasteiger partial charge in [0.2, 0.25) is 0 Å². The molecule has 0 saturated heterocycles. The molecule has 0 aliphatic carbocycles. The van der Waals surface area contributed by atoms with E-state index < -0.39 is 0 Å². The Kier molecular flexibility index (Phi) is 3.42. The maximum atomic E-state index is 6.07. The predicted molar refractivity (Wildman–Crippen MR) is 70.0 cm³/mol. The van der Waals surface area contributed by atoms with E-state index in [0.717, 1.165) is 40.2 Å². The molecule has 0 atom stereocenters. The number of halogens is 1. The van der Waals surface area contributed by atoms with Crippen molar-refractivity contribution in [1.82, 2.24) is 19.7 Å². The number of hydrogen-bond acceptors (Lipinski definition) is 4. The molecule has 0 fully saturated rings. The van der Waals surface area contributed by atoms with Crippen molar-refractivity contribution in [2.24, 2.45) is 0 Å². The molecule has 2 heterocycles. The first kappa shape index (κ1) is 12.0. The van der Waals surface area contributed by atoms with E-state index in [0.29, 0.717) is 0 Å². The molecule has 2 rings (SSSR count). The maximum absolute atomic E-state index is 6.07. The van der Waals surface area contributed by atoms with E-state index >= 15 is 0 Å². The predicted octanol–water partition coefficient (Wildman–Crippen LogP) is 2.13. The first-order valence-electron chi connectivity index (χ1n) is 5.51. The topological polar surface area (TPSA) is 69.6 Å². The first-order chi connectivity index (χ1) is 8.19. The van der Waals surface area contributed by atoms with Crippen molar-refractivity contribution in [1.29, 1.82) is 0 Å². The average Bonchev–Trinajstić information content (AvgIpc) is 2.66. The van der Waals surface area contributed by atoms with E-state index in [1.54, 1.807) is 10.9 Å². The Balaban J connectivity index is 2.63. The van der Waals surface area contributed by atoms with Gasteiger partial charge in [0.15, 0.2) is 5.82 Å². The molecular weight excluding hydrogens is 282 g/mol. The molecule has 2 N–H and O–H groups in total. The van der Waals surface area contributed by atoms with E-state index in [-0.39, 0.29) is 0 Å². The molecule has 6 heteroatoms. The van der Waals surface area contributed by atoms with Gasteiger partial charge < -0.3 is 5.73 Å². The maximum Gasteiger partial charge on any atom is 0.171 e. The van der Waals surface area contributed by atoms with Crippen LogP contribution >= 0.6 is 15.9 Å². The molecule has 2 aromatic heterocycles. The summed E-state index contributed by atoms with van der Waals surface area (Å²) in [4.78, 5) is 8.18. The molecule has 0 radical (unpaired) electrons. The van der Waals surface area contributed by atoms with Gasteiger partial charge in [-0.05, 0) is 28.8 Å². The second-order valence-electron chi connectivity index (χ2n) is 3.62. The van der Waals surface area contributed by atoms with Gasteiger partial charge in [0, 0.05) is 6.20 Å². The van der Waals surface area contributed by atoms with E-state index in [9.17, 15) is 0 Å². The number of nitrogens with zero attached hydrogens (tertiary/aromatic N) is 4. The highest BCUT2D eigenvalue weighted by Gasteiger charge is 2.16. The third-order valence-electron chi connectivity index (χ3n) is 2.62. The molecule has 0 aliphatic heterocycles. The largest absolute Gasteiger partial charge is 0.396 e. The summed E-state index contributed by atoms with van der Waals surface area (Å²) in [6, 6.07) is 0. The molecule has 0 aromatic carbocycles. The Morgan fingerprint density at radius 3 is 2.71 bits per heavy atom. The zero-order chi connectivity index (χ0) is 12.4. The summed E-state index contributed by atoms with van der Waals surface area (Å²) in [5, 5.41) is 4.50. The molecule has 17 heavy (non-hydrogen) atoms. The molecule has 2 aromatic rings. The van der Waals surface area contributed by atoms with Gasteiger partial charge in [-0.3, -0.25) is 0 Å². The van der Waals surface area contributed by atoms with Crippen molar-refractivity contribution in [3.05, 3.63) is 28.4 Å². The summed E-state index contributed by atoms with van der Waals surface area (Å²) in [5.74, 6) is 0.725. The van der Waals surface area contributed by atoms with Gasteiger partial charge in [-0.1, -0.05) is 13.8 Å². The highest BCUT2D eigenvalue weighted by Crippen LogP contribution is 2.24. The summed E-state index contributed by atoms with van der Waals surface area (Å²) in [6.07, 6.45) is 4.83. The Labute approximate surface area is 108 Å². The van der Waals surface area contributed by atoms with Gasteiger partial charge in [0.05, 0.1) is 21.5 Å². The molecular formula is C11H14BrN5. The summed E-state index contributed by atoms with van der Waals surface area (Å²) >= 11 is 3.43. The summed E-state index contributed by atoms with van der Waals surface area (Å²) in [7, 11) is 0. The Bertz CT molecular complexity index is 535. The number of rotatable bonds is 3. The lowest BCUT2D eigenvalue weighted by molar-refractivity contribution is 0.764. The number of hydrogen-bond donors (Lipinski definition) is 1. The lowest BCUT2D eigenvalue weighted by Crippen LogP contribution is -2.06. The molecule has 0 spiro atoms. The minimum atomic E-state index is 0.725. The fraction of sp³-hybridized carbons (Fsp3) is 0.364. The van der Waals surface area contributed by atoms with Gasteiger partial charge in [-0.15, -0.1) is 0 Å². The van der Waals surface area contributed by atoms with Crippen molar-refractivity contribution < 1.29 is 0 Å². The Morgan fingerprint density at radius 1 is 1.35 bits per heavy atom. The lowest BCUT2D eigenvalue weighted by atomic mass is 10.2. The highest BCUT2D eigenvalue weighted by atomic mass is 79.9. The average molecular weight is 296 g/mol. The third kappa shape index (κ3) is 2.04. The van der Waals surface area contributed by atoms with Crippen molar-refractivity contribution in [2.75, 3.05) is 5.73 Å². The molecule has 90 valence electrons. The van der Waals surface area contributed by atoms with Gasteiger partial charge >= 0.3 is 0 Å². The van der Waals surface area contributed by atoms with Crippen LogP contribution in [-0.4, -0.2) is 19.7 Å². The van der Waals surface area contributed by atoms with Crippen LogP contribution in [0.5, 0.6) is 0 Å². The van der Waals surface area contributed by atoms with Crippen molar-refractivity contribution in [3.8, 4) is 5.82 Å². The van der Waals surface area contributed by atoms with Gasteiger partial charge in [0.25, 0.3) is 0 Å². The molecule has 0 bridgehead atoms. The first-order valence-corrected chi connectivity index (χ1v) is 6.30. The number of nitrogens with two attached hydrogens (primary N) is 1. The van der Waals surface area contributed by atoms with Crippen molar-refractivity contribution >= 4 is 21.6 Å². The van der Waals surface area contributed by atoms with E-state index in [4.69, 9.17) is 5.73 Å². The zero-order valence-corrected chi connectivity index (χ0v) is 11.4. The van der Waals surface area contributed by atoms with E-state index in [2.05, 4.69) is 37.9 Å². The van der Waals surface area contributed by atoms with E-state index in [1.165, 1.54) is 6.33 Å². The van der Waals surface area contributed by atoms with Gasteiger partial charge in [-0.2, -0.15) is 5.10 Å². The minimum Gasteiger partial charge on any atom is -0.396 e. The number of aromatic nitrogens is 4. The summed E-state index contributed by atoms with van der Waals surface area (Å²) in [6.45, 7) is 4.09. The molecule has 0 aliphatic rings. The number of aryl methyl sites for hydroxylation is 1. The molecule has 0 unspecified atom stereocenters. The van der Waals surface area contributed by atoms with E-state index in [1.807, 2.05) is 6.92 Å². The fourth-order valence-electron chi connectivity index (χ4n) is 1.75.